The molecule has 0 atom stereocenters. The number of rotatable bonds is 2. The van der Waals surface area contributed by atoms with Gasteiger partial charge in [0.1, 0.15) is 12.1 Å². The van der Waals surface area contributed by atoms with Gasteiger partial charge in [0, 0.05) is 22.7 Å². The summed E-state index contributed by atoms with van der Waals surface area (Å²) in [6.07, 6.45) is 6.78. The maximum absolute atomic E-state index is 4.30. The monoisotopic (exact) mass is 262 g/mol. The Morgan fingerprint density at radius 3 is 3.05 bits per heavy atom. The number of pyridine rings is 1. The van der Waals surface area contributed by atoms with E-state index in [1.807, 2.05) is 24.3 Å². The molecule has 20 heavy (non-hydrogen) atoms. The normalized spacial score (nSPS) is 11.0. The molecule has 0 aliphatic heterocycles. The quantitative estimate of drug-likeness (QED) is 0.580. The van der Waals surface area contributed by atoms with E-state index in [4.69, 9.17) is 0 Å². The van der Waals surface area contributed by atoms with Crippen molar-refractivity contribution in [3.63, 3.8) is 0 Å². The van der Waals surface area contributed by atoms with Crippen LogP contribution >= 0.6 is 0 Å². The molecule has 4 rings (SSSR count). The minimum Gasteiger partial charge on any atom is -0.340 e. The van der Waals surface area contributed by atoms with Gasteiger partial charge in [-0.2, -0.15) is 5.10 Å². The predicted molar refractivity (Wildman–Crippen MR) is 76.7 cm³/mol. The lowest BCUT2D eigenvalue weighted by Crippen LogP contribution is -1.96. The average Bonchev–Trinajstić information content (AvgIpc) is 2.95. The summed E-state index contributed by atoms with van der Waals surface area (Å²) < 4.78 is 0. The van der Waals surface area contributed by atoms with Gasteiger partial charge in [-0.3, -0.25) is 10.1 Å². The summed E-state index contributed by atoms with van der Waals surface area (Å²) in [5.74, 6) is 0.764. The zero-order chi connectivity index (χ0) is 13.4. The molecule has 0 bridgehead atoms. The molecule has 0 saturated carbocycles. The number of fused-ring (bicyclic) bond motifs is 2. The zero-order valence-electron chi connectivity index (χ0n) is 10.4. The molecule has 0 amide bonds. The van der Waals surface area contributed by atoms with Crippen LogP contribution < -0.4 is 5.32 Å². The first kappa shape index (κ1) is 10.9. The Balaban J connectivity index is 1.80. The Morgan fingerprint density at radius 2 is 2.05 bits per heavy atom. The van der Waals surface area contributed by atoms with E-state index in [2.05, 4.69) is 30.5 Å². The first-order valence-electron chi connectivity index (χ1n) is 6.15. The summed E-state index contributed by atoms with van der Waals surface area (Å²) in [5, 5.41) is 12.2. The van der Waals surface area contributed by atoms with Crippen molar-refractivity contribution in [3.8, 4) is 0 Å². The van der Waals surface area contributed by atoms with Crippen molar-refractivity contribution in [1.29, 1.82) is 0 Å². The summed E-state index contributed by atoms with van der Waals surface area (Å²) in [5.41, 5.74) is 2.78. The lowest BCUT2D eigenvalue weighted by atomic mass is 10.2. The van der Waals surface area contributed by atoms with Gasteiger partial charge < -0.3 is 5.32 Å². The Kier molecular flexibility index (Phi) is 2.32. The number of hydrogen-bond acceptors (Lipinski definition) is 5. The molecular formula is C14H10N6. The van der Waals surface area contributed by atoms with Crippen molar-refractivity contribution in [2.75, 3.05) is 5.32 Å². The van der Waals surface area contributed by atoms with Crippen LogP contribution in [0.25, 0.3) is 21.8 Å². The molecule has 3 aromatic heterocycles. The van der Waals surface area contributed by atoms with Gasteiger partial charge in [-0.15, -0.1) is 0 Å². The minimum absolute atomic E-state index is 0.764. The van der Waals surface area contributed by atoms with Gasteiger partial charge in [-0.05, 0) is 24.3 Å². The predicted octanol–water partition coefficient (Wildman–Crippen LogP) is 2.64. The third kappa shape index (κ3) is 1.74. The van der Waals surface area contributed by atoms with Gasteiger partial charge >= 0.3 is 0 Å². The van der Waals surface area contributed by atoms with E-state index in [1.54, 1.807) is 18.6 Å². The van der Waals surface area contributed by atoms with Crippen LogP contribution in [0.3, 0.4) is 0 Å². The minimum atomic E-state index is 0.764. The maximum Gasteiger partial charge on any atom is 0.141 e. The molecule has 3 heterocycles. The largest absolute Gasteiger partial charge is 0.340 e. The molecule has 0 spiro atoms. The van der Waals surface area contributed by atoms with Crippen LogP contribution in [0.4, 0.5) is 11.5 Å². The van der Waals surface area contributed by atoms with Crippen LogP contribution in [0, 0.1) is 0 Å². The fourth-order valence-corrected chi connectivity index (χ4v) is 2.16. The summed E-state index contributed by atoms with van der Waals surface area (Å²) in [7, 11) is 0. The smallest absolute Gasteiger partial charge is 0.141 e. The van der Waals surface area contributed by atoms with Gasteiger partial charge in [0.2, 0.25) is 0 Å². The van der Waals surface area contributed by atoms with Crippen molar-refractivity contribution in [2.45, 2.75) is 0 Å². The number of nitrogens with zero attached hydrogens (tertiary/aromatic N) is 4. The van der Waals surface area contributed by atoms with E-state index < -0.39 is 0 Å². The van der Waals surface area contributed by atoms with Gasteiger partial charge in [0.15, 0.2) is 0 Å². The van der Waals surface area contributed by atoms with Gasteiger partial charge in [0.05, 0.1) is 23.4 Å². The number of aromatic amines is 1. The second-order valence-corrected chi connectivity index (χ2v) is 4.41. The maximum atomic E-state index is 4.30. The summed E-state index contributed by atoms with van der Waals surface area (Å²) in [6.45, 7) is 0. The second kappa shape index (κ2) is 4.27. The highest BCUT2D eigenvalue weighted by molar-refractivity contribution is 5.91. The van der Waals surface area contributed by atoms with E-state index in [9.17, 15) is 0 Å². The highest BCUT2D eigenvalue weighted by Gasteiger charge is 2.04. The molecule has 1 aromatic carbocycles. The molecule has 6 heteroatoms. The Bertz CT molecular complexity index is 893. The molecule has 0 fully saturated rings. The van der Waals surface area contributed by atoms with Gasteiger partial charge in [0.25, 0.3) is 0 Å². The van der Waals surface area contributed by atoms with E-state index in [0.29, 0.717) is 0 Å². The van der Waals surface area contributed by atoms with Crippen molar-refractivity contribution in [3.05, 3.63) is 49.2 Å². The fourth-order valence-electron chi connectivity index (χ4n) is 2.16. The molecule has 0 saturated heterocycles. The van der Waals surface area contributed by atoms with Crippen LogP contribution in [0.1, 0.15) is 0 Å². The molecular weight excluding hydrogens is 252 g/mol. The second-order valence-electron chi connectivity index (χ2n) is 4.41. The number of H-pyrrole nitrogens is 1. The fraction of sp³-hybridized carbons (Fsp3) is 0. The lowest BCUT2D eigenvalue weighted by Gasteiger charge is -2.07. The third-order valence-electron chi connectivity index (χ3n) is 3.14. The molecule has 0 radical (unpaired) electrons. The van der Waals surface area contributed by atoms with Crippen LogP contribution in [0.15, 0.2) is 49.2 Å². The number of aromatic nitrogens is 5. The number of nitrogens with one attached hydrogen (secondary N) is 2. The standard InChI is InChI=1S/C14H10N6/c1-2-12-9(6-18-20-12)5-10(1)19-14-11-3-4-15-7-13(11)16-8-17-14/h1-8H,(H,18,20)(H,16,17,19). The molecule has 96 valence electrons. The van der Waals surface area contributed by atoms with Crippen molar-refractivity contribution in [2.24, 2.45) is 0 Å². The van der Waals surface area contributed by atoms with Crippen molar-refractivity contribution in [1.82, 2.24) is 25.1 Å². The molecule has 6 nitrogen and oxygen atoms in total. The van der Waals surface area contributed by atoms with Gasteiger partial charge in [-0.25, -0.2) is 9.97 Å². The number of benzene rings is 1. The topological polar surface area (TPSA) is 79.4 Å². The highest BCUT2D eigenvalue weighted by Crippen LogP contribution is 2.24. The Hall–Kier alpha value is -3.02. The van der Waals surface area contributed by atoms with Crippen LogP contribution in [0.2, 0.25) is 0 Å². The van der Waals surface area contributed by atoms with E-state index >= 15 is 0 Å². The number of hydrogen-bond donors (Lipinski definition) is 2. The van der Waals surface area contributed by atoms with E-state index in [0.717, 1.165) is 33.3 Å². The summed E-state index contributed by atoms with van der Waals surface area (Å²) >= 11 is 0. The van der Waals surface area contributed by atoms with Crippen LogP contribution in [-0.4, -0.2) is 25.1 Å². The zero-order valence-corrected chi connectivity index (χ0v) is 10.4. The molecule has 4 aromatic rings. The van der Waals surface area contributed by atoms with Gasteiger partial charge in [-0.1, -0.05) is 0 Å². The van der Waals surface area contributed by atoms with E-state index in [1.165, 1.54) is 6.33 Å². The molecule has 0 aliphatic carbocycles. The lowest BCUT2D eigenvalue weighted by molar-refractivity contribution is 1.12. The summed E-state index contributed by atoms with van der Waals surface area (Å²) in [4.78, 5) is 12.6. The number of anilines is 2. The molecule has 0 aliphatic rings. The highest BCUT2D eigenvalue weighted by atomic mass is 15.1. The van der Waals surface area contributed by atoms with Crippen LogP contribution in [-0.2, 0) is 0 Å². The Labute approximate surface area is 113 Å². The first-order valence-corrected chi connectivity index (χ1v) is 6.15. The SMILES string of the molecule is c1cc2c(Nc3ccc4[nH]ncc4c3)ncnc2cn1. The van der Waals surface area contributed by atoms with Crippen molar-refractivity contribution < 1.29 is 0 Å². The van der Waals surface area contributed by atoms with E-state index in [-0.39, 0.29) is 0 Å². The van der Waals surface area contributed by atoms with Crippen LogP contribution in [0.5, 0.6) is 0 Å². The first-order chi connectivity index (χ1) is 9.90. The van der Waals surface area contributed by atoms with Crippen molar-refractivity contribution >= 4 is 33.3 Å². The molecule has 0 unspecified atom stereocenters. The Morgan fingerprint density at radius 1 is 1.05 bits per heavy atom. The summed E-state index contributed by atoms with van der Waals surface area (Å²) in [6, 6.07) is 7.88. The average molecular weight is 262 g/mol. The third-order valence-corrected chi connectivity index (χ3v) is 3.14. The molecule has 2 N–H and O–H groups in total.